The van der Waals surface area contributed by atoms with Crippen LogP contribution < -0.4 is 20.1 Å². The SMILES string of the molecule is CCCCOc1ccccc1NCCNc1ccccc1OC(C)C. The second-order valence-electron chi connectivity index (χ2n) is 6.21. The number of unbranched alkanes of at least 4 members (excludes halogenated alkanes) is 1. The number of hydrogen-bond donors (Lipinski definition) is 2. The Morgan fingerprint density at radius 1 is 0.840 bits per heavy atom. The summed E-state index contributed by atoms with van der Waals surface area (Å²) in [5.41, 5.74) is 2.05. The van der Waals surface area contributed by atoms with Crippen molar-refractivity contribution in [2.75, 3.05) is 30.3 Å². The summed E-state index contributed by atoms with van der Waals surface area (Å²) in [6.45, 7) is 8.58. The third-order valence-electron chi connectivity index (χ3n) is 3.65. The molecule has 2 aromatic carbocycles. The van der Waals surface area contributed by atoms with Crippen LogP contribution >= 0.6 is 0 Å². The average molecular weight is 342 g/mol. The molecule has 0 aromatic heterocycles. The molecule has 0 saturated heterocycles. The molecular weight excluding hydrogens is 312 g/mol. The molecule has 0 amide bonds. The van der Waals surface area contributed by atoms with Crippen LogP contribution in [-0.4, -0.2) is 25.8 Å². The number of benzene rings is 2. The molecule has 0 atom stereocenters. The maximum absolute atomic E-state index is 5.85. The summed E-state index contributed by atoms with van der Waals surface area (Å²) in [6, 6.07) is 16.1. The van der Waals surface area contributed by atoms with Crippen LogP contribution in [0.15, 0.2) is 48.5 Å². The summed E-state index contributed by atoms with van der Waals surface area (Å²) in [6.07, 6.45) is 2.37. The first-order valence-electron chi connectivity index (χ1n) is 9.16. The molecule has 0 heterocycles. The van der Waals surface area contributed by atoms with E-state index in [2.05, 4.69) is 23.6 Å². The van der Waals surface area contributed by atoms with E-state index >= 15 is 0 Å². The van der Waals surface area contributed by atoms with Gasteiger partial charge in [-0.1, -0.05) is 37.6 Å². The van der Waals surface area contributed by atoms with Gasteiger partial charge in [0.1, 0.15) is 11.5 Å². The van der Waals surface area contributed by atoms with Gasteiger partial charge in [-0.2, -0.15) is 0 Å². The fourth-order valence-electron chi connectivity index (χ4n) is 2.43. The van der Waals surface area contributed by atoms with Crippen LogP contribution in [0, 0.1) is 0 Å². The summed E-state index contributed by atoms with van der Waals surface area (Å²) < 4.78 is 11.7. The lowest BCUT2D eigenvalue weighted by Gasteiger charge is -2.16. The quantitative estimate of drug-likeness (QED) is 0.552. The molecular formula is C21H30N2O2. The van der Waals surface area contributed by atoms with Crippen LogP contribution in [0.4, 0.5) is 11.4 Å². The molecule has 2 aromatic rings. The minimum atomic E-state index is 0.160. The Morgan fingerprint density at radius 2 is 1.40 bits per heavy atom. The monoisotopic (exact) mass is 342 g/mol. The van der Waals surface area contributed by atoms with Gasteiger partial charge in [-0.25, -0.2) is 0 Å². The van der Waals surface area contributed by atoms with Crippen LogP contribution in [0.3, 0.4) is 0 Å². The minimum absolute atomic E-state index is 0.160. The lowest BCUT2D eigenvalue weighted by Crippen LogP contribution is -2.15. The zero-order valence-corrected chi connectivity index (χ0v) is 15.5. The Kier molecular flexibility index (Phi) is 7.96. The highest BCUT2D eigenvalue weighted by Gasteiger charge is 2.05. The average Bonchev–Trinajstić information content (AvgIpc) is 2.61. The third kappa shape index (κ3) is 6.57. The Morgan fingerprint density at radius 3 is 2.00 bits per heavy atom. The summed E-state index contributed by atoms with van der Waals surface area (Å²) in [5.74, 6) is 1.81. The van der Waals surface area contributed by atoms with Crippen molar-refractivity contribution in [1.82, 2.24) is 0 Å². The van der Waals surface area contributed by atoms with Gasteiger partial charge in [0.15, 0.2) is 0 Å². The molecule has 0 radical (unpaired) electrons. The molecule has 0 aliphatic heterocycles. The van der Waals surface area contributed by atoms with E-state index in [4.69, 9.17) is 9.47 Å². The molecule has 0 spiro atoms. The minimum Gasteiger partial charge on any atom is -0.491 e. The molecule has 136 valence electrons. The highest BCUT2D eigenvalue weighted by atomic mass is 16.5. The van der Waals surface area contributed by atoms with Crippen molar-refractivity contribution in [2.24, 2.45) is 0 Å². The van der Waals surface area contributed by atoms with E-state index in [0.29, 0.717) is 0 Å². The normalized spacial score (nSPS) is 10.6. The Balaban J connectivity index is 1.84. The van der Waals surface area contributed by atoms with E-state index in [-0.39, 0.29) is 6.10 Å². The molecule has 0 bridgehead atoms. The van der Waals surface area contributed by atoms with Crippen LogP contribution in [-0.2, 0) is 0 Å². The van der Waals surface area contributed by atoms with Gasteiger partial charge in [-0.15, -0.1) is 0 Å². The summed E-state index contributed by atoms with van der Waals surface area (Å²) in [5, 5.41) is 6.87. The summed E-state index contributed by atoms with van der Waals surface area (Å²) in [4.78, 5) is 0. The molecule has 2 rings (SSSR count). The van der Waals surface area contributed by atoms with Crippen molar-refractivity contribution in [3.8, 4) is 11.5 Å². The number of hydrogen-bond acceptors (Lipinski definition) is 4. The number of rotatable bonds is 11. The first kappa shape index (κ1) is 19.0. The number of anilines is 2. The van der Waals surface area contributed by atoms with Crippen molar-refractivity contribution in [3.05, 3.63) is 48.5 Å². The highest BCUT2D eigenvalue weighted by molar-refractivity contribution is 5.58. The number of para-hydroxylation sites is 4. The number of nitrogens with one attached hydrogen (secondary N) is 2. The molecule has 4 heteroatoms. The maximum Gasteiger partial charge on any atom is 0.142 e. The van der Waals surface area contributed by atoms with E-state index in [1.54, 1.807) is 0 Å². The zero-order valence-electron chi connectivity index (χ0n) is 15.5. The van der Waals surface area contributed by atoms with Gasteiger partial charge in [0.05, 0.1) is 24.1 Å². The van der Waals surface area contributed by atoms with Gasteiger partial charge in [0.2, 0.25) is 0 Å². The fraction of sp³-hybridized carbons (Fsp3) is 0.429. The molecule has 0 fully saturated rings. The van der Waals surface area contributed by atoms with Crippen LogP contribution in [0.5, 0.6) is 11.5 Å². The van der Waals surface area contributed by atoms with Crippen LogP contribution in [0.1, 0.15) is 33.6 Å². The van der Waals surface area contributed by atoms with Crippen molar-refractivity contribution >= 4 is 11.4 Å². The lowest BCUT2D eigenvalue weighted by atomic mass is 10.2. The van der Waals surface area contributed by atoms with Gasteiger partial charge < -0.3 is 20.1 Å². The van der Waals surface area contributed by atoms with E-state index in [0.717, 1.165) is 55.4 Å². The standard InChI is InChI=1S/C21H30N2O2/c1-4-5-16-24-20-12-8-6-10-18(20)22-14-15-23-19-11-7-9-13-21(19)25-17(2)3/h6-13,17,22-23H,4-5,14-16H2,1-3H3. The van der Waals surface area contributed by atoms with Crippen LogP contribution in [0.25, 0.3) is 0 Å². The van der Waals surface area contributed by atoms with Gasteiger partial charge in [-0.3, -0.25) is 0 Å². The van der Waals surface area contributed by atoms with E-state index in [9.17, 15) is 0 Å². The topological polar surface area (TPSA) is 42.5 Å². The highest BCUT2D eigenvalue weighted by Crippen LogP contribution is 2.25. The van der Waals surface area contributed by atoms with Crippen molar-refractivity contribution in [1.29, 1.82) is 0 Å². The molecule has 0 unspecified atom stereocenters. The van der Waals surface area contributed by atoms with Crippen molar-refractivity contribution in [2.45, 2.75) is 39.7 Å². The van der Waals surface area contributed by atoms with E-state index in [1.807, 2.05) is 56.3 Å². The molecule has 25 heavy (non-hydrogen) atoms. The van der Waals surface area contributed by atoms with Gasteiger partial charge in [-0.05, 0) is 44.5 Å². The predicted molar refractivity (Wildman–Crippen MR) is 106 cm³/mol. The fourth-order valence-corrected chi connectivity index (χ4v) is 2.43. The van der Waals surface area contributed by atoms with Gasteiger partial charge in [0, 0.05) is 13.1 Å². The first-order chi connectivity index (χ1) is 12.2. The van der Waals surface area contributed by atoms with E-state index < -0.39 is 0 Å². The zero-order chi connectivity index (χ0) is 17.9. The second kappa shape index (κ2) is 10.5. The smallest absolute Gasteiger partial charge is 0.142 e. The third-order valence-corrected chi connectivity index (χ3v) is 3.65. The molecule has 0 saturated carbocycles. The molecule has 4 nitrogen and oxygen atoms in total. The van der Waals surface area contributed by atoms with Gasteiger partial charge >= 0.3 is 0 Å². The van der Waals surface area contributed by atoms with E-state index in [1.165, 1.54) is 0 Å². The largest absolute Gasteiger partial charge is 0.491 e. The first-order valence-corrected chi connectivity index (χ1v) is 9.16. The molecule has 2 N–H and O–H groups in total. The predicted octanol–water partition coefficient (Wildman–Crippen LogP) is 5.18. The van der Waals surface area contributed by atoms with Crippen molar-refractivity contribution in [3.63, 3.8) is 0 Å². The molecule has 0 aliphatic rings. The van der Waals surface area contributed by atoms with Crippen LogP contribution in [0.2, 0.25) is 0 Å². The molecule has 0 aliphatic carbocycles. The Bertz CT molecular complexity index is 629. The summed E-state index contributed by atoms with van der Waals surface area (Å²) in [7, 11) is 0. The Hall–Kier alpha value is -2.36. The second-order valence-corrected chi connectivity index (χ2v) is 6.21. The van der Waals surface area contributed by atoms with Gasteiger partial charge in [0.25, 0.3) is 0 Å². The van der Waals surface area contributed by atoms with Crippen molar-refractivity contribution < 1.29 is 9.47 Å². The lowest BCUT2D eigenvalue weighted by molar-refractivity contribution is 0.243. The maximum atomic E-state index is 5.85. The number of ether oxygens (including phenoxy) is 2. The Labute approximate surface area is 151 Å². The summed E-state index contributed by atoms with van der Waals surface area (Å²) >= 11 is 0.